The minimum absolute atomic E-state index is 0.378. The summed E-state index contributed by atoms with van der Waals surface area (Å²) in [4.78, 5) is 0. The minimum Gasteiger partial charge on any atom is -0.390 e. The van der Waals surface area contributed by atoms with E-state index >= 15 is 43.9 Å². The highest BCUT2D eigenvalue weighted by Crippen LogP contribution is 2.95. The maximum atomic E-state index is 15.5. The standard InChI is InChI=1S/C17H10F18O3/c18-6(19,3-36)8-12(24,25)9(7(20,21)4-37-1-5-2-38-5)15(30,31)10(22,13(8,26)27)17(34,35)11(23,14(8,28)29)16(9,32)33/h5,36H,1-4H2. The van der Waals surface area contributed by atoms with Crippen molar-refractivity contribution in [3.8, 4) is 0 Å². The summed E-state index contributed by atoms with van der Waals surface area (Å²) in [7, 11) is 0. The van der Waals surface area contributed by atoms with E-state index in [9.17, 15) is 35.1 Å². The molecule has 3 atom stereocenters. The number of hydrogen-bond donors (Lipinski definition) is 1. The van der Waals surface area contributed by atoms with Gasteiger partial charge >= 0.3 is 41.0 Å². The third-order valence-corrected chi connectivity index (χ3v) is 7.71. The number of ether oxygens (including phenoxy) is 2. The first-order valence-corrected chi connectivity index (χ1v) is 9.84. The van der Waals surface area contributed by atoms with Crippen LogP contribution in [-0.4, -0.2) is 96.4 Å². The zero-order valence-corrected chi connectivity index (χ0v) is 17.5. The molecule has 0 aromatic rings. The SMILES string of the molecule is OCC(F)(F)C12C(F)(F)C3(F)C(F)(F)C(F)(C1(F)F)C(F)(F)C(C(F)(F)COCC1CO1)(C3(F)F)C2(F)F. The molecule has 5 fully saturated rings. The Hall–Kier alpha value is -1.38. The van der Waals surface area contributed by atoms with Gasteiger partial charge in [0.2, 0.25) is 10.8 Å². The quantitative estimate of drug-likeness (QED) is 0.332. The first-order chi connectivity index (χ1) is 16.6. The molecule has 0 amide bonds. The van der Waals surface area contributed by atoms with Crippen molar-refractivity contribution in [2.45, 2.75) is 64.8 Å². The van der Waals surface area contributed by atoms with Gasteiger partial charge in [-0.25, -0.2) is 70.2 Å². The normalized spacial score (nSPS) is 44.8. The van der Waals surface area contributed by atoms with Crippen LogP contribution in [0.2, 0.25) is 0 Å². The lowest BCUT2D eigenvalue weighted by molar-refractivity contribution is -0.648. The predicted octanol–water partition coefficient (Wildman–Crippen LogP) is 4.91. The monoisotopic (exact) mass is 604 g/mol. The molecule has 0 aromatic heterocycles. The summed E-state index contributed by atoms with van der Waals surface area (Å²) in [5, 5.41) is 8.62. The van der Waals surface area contributed by atoms with Crippen molar-refractivity contribution in [1.29, 1.82) is 0 Å². The number of hydrogen-bond acceptors (Lipinski definition) is 3. The molecular weight excluding hydrogens is 594 g/mol. The number of epoxide rings is 1. The second-order valence-electron chi connectivity index (χ2n) is 9.30. The van der Waals surface area contributed by atoms with Crippen molar-refractivity contribution in [3.63, 3.8) is 0 Å². The number of alkyl halides is 18. The molecule has 4 saturated carbocycles. The number of rotatable bonds is 7. The van der Waals surface area contributed by atoms with E-state index in [2.05, 4.69) is 9.47 Å². The highest BCUT2D eigenvalue weighted by Gasteiger charge is 3.25. The lowest BCUT2D eigenvalue weighted by Gasteiger charge is -2.78. The number of halogens is 18. The van der Waals surface area contributed by atoms with Gasteiger partial charge in [-0.15, -0.1) is 0 Å². The van der Waals surface area contributed by atoms with Crippen LogP contribution >= 0.6 is 0 Å². The molecule has 5 rings (SSSR count). The lowest BCUT2D eigenvalue weighted by atomic mass is 9.30. The number of aliphatic hydroxyl groups is 1. The van der Waals surface area contributed by atoms with Gasteiger partial charge in [-0.1, -0.05) is 0 Å². The van der Waals surface area contributed by atoms with Gasteiger partial charge in [-0.05, 0) is 0 Å². The molecule has 222 valence electrons. The first kappa shape index (κ1) is 29.6. The minimum atomic E-state index is -8.46. The highest BCUT2D eigenvalue weighted by atomic mass is 19.3. The zero-order chi connectivity index (χ0) is 29.8. The van der Waals surface area contributed by atoms with Crippen molar-refractivity contribution in [3.05, 3.63) is 0 Å². The molecular formula is C17H10F18O3. The third kappa shape index (κ3) is 2.07. The van der Waals surface area contributed by atoms with Gasteiger partial charge in [0.25, 0.3) is 17.8 Å². The van der Waals surface area contributed by atoms with E-state index in [-0.39, 0.29) is 6.61 Å². The molecule has 4 bridgehead atoms. The van der Waals surface area contributed by atoms with Gasteiger partial charge < -0.3 is 14.6 Å². The summed E-state index contributed by atoms with van der Waals surface area (Å²) >= 11 is 0. The molecule has 1 heterocycles. The molecule has 1 N–H and O–H groups in total. The molecule has 38 heavy (non-hydrogen) atoms. The fourth-order valence-corrected chi connectivity index (χ4v) is 6.01. The molecule has 3 nitrogen and oxygen atoms in total. The van der Waals surface area contributed by atoms with Gasteiger partial charge in [-0.3, -0.25) is 0 Å². The van der Waals surface area contributed by atoms with Crippen molar-refractivity contribution >= 4 is 0 Å². The Kier molecular flexibility index (Phi) is 5.25. The van der Waals surface area contributed by atoms with E-state index in [1.807, 2.05) is 0 Å². The highest BCUT2D eigenvalue weighted by molar-refractivity contribution is 5.54. The largest absolute Gasteiger partial charge is 0.390 e. The molecule has 21 heteroatoms. The van der Waals surface area contributed by atoms with Crippen molar-refractivity contribution < 1.29 is 93.6 Å². The summed E-state index contributed by atoms with van der Waals surface area (Å²) < 4.78 is 279. The summed E-state index contributed by atoms with van der Waals surface area (Å²) in [6, 6.07) is 0. The van der Waals surface area contributed by atoms with E-state index in [0.717, 1.165) is 0 Å². The molecule has 0 radical (unpaired) electrons. The Morgan fingerprint density at radius 1 is 0.605 bits per heavy atom. The van der Waals surface area contributed by atoms with Crippen molar-refractivity contribution in [2.24, 2.45) is 10.8 Å². The van der Waals surface area contributed by atoms with Gasteiger partial charge in [0, 0.05) is 0 Å². The van der Waals surface area contributed by atoms with Crippen LogP contribution < -0.4 is 0 Å². The first-order valence-electron chi connectivity index (χ1n) is 9.84. The maximum absolute atomic E-state index is 15.5. The van der Waals surface area contributed by atoms with E-state index in [1.165, 1.54) is 0 Å². The number of aliphatic hydroxyl groups excluding tert-OH is 1. The Balaban J connectivity index is 2.27. The molecule has 3 unspecified atom stereocenters. The summed E-state index contributed by atoms with van der Waals surface area (Å²) in [5.41, 5.74) is -32.9. The van der Waals surface area contributed by atoms with Crippen molar-refractivity contribution in [1.82, 2.24) is 0 Å². The fraction of sp³-hybridized carbons (Fsp3) is 1.00. The smallest absolute Gasteiger partial charge is 0.338 e. The van der Waals surface area contributed by atoms with E-state index in [0.29, 0.717) is 0 Å². The topological polar surface area (TPSA) is 42.0 Å². The molecule has 0 aromatic carbocycles. The van der Waals surface area contributed by atoms with E-state index < -0.39 is 95.5 Å². The summed E-state index contributed by atoms with van der Waals surface area (Å²) in [6.07, 6.45) is -1.26. The lowest BCUT2D eigenvalue weighted by Crippen LogP contribution is -3.09. The predicted molar refractivity (Wildman–Crippen MR) is 79.8 cm³/mol. The van der Waals surface area contributed by atoms with Gasteiger partial charge in [-0.2, -0.15) is 8.78 Å². The van der Waals surface area contributed by atoms with Crippen LogP contribution in [0.15, 0.2) is 0 Å². The van der Waals surface area contributed by atoms with Crippen LogP contribution in [0.3, 0.4) is 0 Å². The summed E-state index contributed by atoms with van der Waals surface area (Å²) in [6.45, 7) is -8.96. The Morgan fingerprint density at radius 3 is 1.26 bits per heavy atom. The van der Waals surface area contributed by atoms with Gasteiger partial charge in [0.05, 0.1) is 13.2 Å². The van der Waals surface area contributed by atoms with Crippen molar-refractivity contribution in [2.75, 3.05) is 26.4 Å². The summed E-state index contributed by atoms with van der Waals surface area (Å²) in [5.74, 6) is -64.9. The van der Waals surface area contributed by atoms with Crippen LogP contribution in [0.25, 0.3) is 0 Å². The van der Waals surface area contributed by atoms with Crippen LogP contribution in [0.5, 0.6) is 0 Å². The van der Waals surface area contributed by atoms with Crippen LogP contribution in [0.4, 0.5) is 79.0 Å². The van der Waals surface area contributed by atoms with Gasteiger partial charge in [0.1, 0.15) is 19.3 Å². The van der Waals surface area contributed by atoms with E-state index in [1.54, 1.807) is 0 Å². The van der Waals surface area contributed by atoms with Crippen LogP contribution in [0, 0.1) is 10.8 Å². The zero-order valence-electron chi connectivity index (χ0n) is 17.5. The molecule has 4 aliphatic carbocycles. The molecule has 5 aliphatic rings. The second kappa shape index (κ2) is 6.73. The van der Waals surface area contributed by atoms with Crippen LogP contribution in [-0.2, 0) is 9.47 Å². The Bertz CT molecular complexity index is 993. The van der Waals surface area contributed by atoms with E-state index in [4.69, 9.17) is 5.11 Å². The average Bonchev–Trinajstić information content (AvgIpc) is 3.52. The van der Waals surface area contributed by atoms with Crippen LogP contribution in [0.1, 0.15) is 0 Å². The molecule has 1 saturated heterocycles. The second-order valence-corrected chi connectivity index (χ2v) is 9.30. The average molecular weight is 604 g/mol. The third-order valence-electron chi connectivity index (χ3n) is 7.71. The molecule has 1 aliphatic heterocycles. The van der Waals surface area contributed by atoms with Gasteiger partial charge in [0.15, 0.2) is 0 Å². The Morgan fingerprint density at radius 2 is 0.947 bits per heavy atom. The fourth-order valence-electron chi connectivity index (χ4n) is 6.01. The maximum Gasteiger partial charge on any atom is 0.338 e. The molecule has 0 spiro atoms. The Labute approximate surface area is 197 Å².